The zero-order valence-corrected chi connectivity index (χ0v) is 22.3. The Kier molecular flexibility index (Phi) is 7.30. The third-order valence-electron chi connectivity index (χ3n) is 6.30. The Morgan fingerprint density at radius 1 is 1.18 bits per heavy atom. The number of phenols is 1. The number of aromatic nitrogens is 1. The third kappa shape index (κ3) is 5.14. The Labute approximate surface area is 232 Å². The molecule has 0 radical (unpaired) electrons. The van der Waals surface area contributed by atoms with Gasteiger partial charge in [-0.1, -0.05) is 47.7 Å². The number of benzene rings is 3. The van der Waals surface area contributed by atoms with Crippen molar-refractivity contribution in [2.24, 2.45) is 4.99 Å². The number of rotatable bonds is 7. The summed E-state index contributed by atoms with van der Waals surface area (Å²) in [6.07, 6.45) is 1.51. The standard InChI is InChI=1S/C29H24N4O6S/c1-3-39-21-12-10-19(11-13-21)26-25(27(35)31-20-7-5-4-6-8-20)17(2)30-29-32(26)28(36)24(40-29)16-18-9-14-23(34)22(15-18)33(37)38/h4-16,26,34H,3H2,1-2H3,(H,31,35)/b24-16-/t26-/m1/s1. The van der Waals surface area contributed by atoms with Crippen molar-refractivity contribution < 1.29 is 19.6 Å². The fourth-order valence-corrected chi connectivity index (χ4v) is 5.53. The number of hydrogen-bond donors (Lipinski definition) is 2. The number of fused-ring (bicyclic) bond motifs is 1. The van der Waals surface area contributed by atoms with Crippen molar-refractivity contribution in [1.82, 2.24) is 4.57 Å². The van der Waals surface area contributed by atoms with Crippen LogP contribution in [-0.4, -0.2) is 27.1 Å². The first-order valence-electron chi connectivity index (χ1n) is 12.4. The van der Waals surface area contributed by atoms with Crippen molar-refractivity contribution in [3.63, 3.8) is 0 Å². The average molecular weight is 557 g/mol. The van der Waals surface area contributed by atoms with Gasteiger partial charge in [0.05, 0.1) is 33.4 Å². The van der Waals surface area contributed by atoms with Gasteiger partial charge in [0.25, 0.3) is 11.5 Å². The number of para-hydroxylation sites is 1. The molecule has 0 fully saturated rings. The normalized spacial score (nSPS) is 14.8. The van der Waals surface area contributed by atoms with E-state index in [1.807, 2.05) is 37.3 Å². The Hall–Kier alpha value is -5.03. The average Bonchev–Trinajstić information content (AvgIpc) is 3.24. The fourth-order valence-electron chi connectivity index (χ4n) is 4.49. The van der Waals surface area contributed by atoms with Crippen LogP contribution in [-0.2, 0) is 4.79 Å². The number of nitro groups is 1. The van der Waals surface area contributed by atoms with E-state index in [0.29, 0.717) is 45.2 Å². The number of ether oxygens (including phenoxy) is 1. The van der Waals surface area contributed by atoms with E-state index in [1.54, 1.807) is 31.2 Å². The van der Waals surface area contributed by atoms with Crippen LogP contribution in [0, 0.1) is 10.1 Å². The van der Waals surface area contributed by atoms with Crippen LogP contribution in [0.15, 0.2) is 93.9 Å². The quantitative estimate of drug-likeness (QED) is 0.262. The predicted octanol–water partition coefficient (Wildman–Crippen LogP) is 3.89. The summed E-state index contributed by atoms with van der Waals surface area (Å²) in [5.41, 5.74) is 1.55. The fraction of sp³-hybridized carbons (Fsp3) is 0.138. The van der Waals surface area contributed by atoms with Crippen LogP contribution in [0.5, 0.6) is 11.5 Å². The van der Waals surface area contributed by atoms with Gasteiger partial charge < -0.3 is 15.2 Å². The topological polar surface area (TPSA) is 136 Å². The maximum Gasteiger partial charge on any atom is 0.311 e. The molecule has 0 aliphatic carbocycles. The van der Waals surface area contributed by atoms with E-state index in [-0.39, 0.29) is 4.53 Å². The summed E-state index contributed by atoms with van der Waals surface area (Å²) in [4.78, 5) is 43.0. The second-order valence-corrected chi connectivity index (χ2v) is 9.92. The number of thiazole rings is 1. The molecule has 0 unspecified atom stereocenters. The van der Waals surface area contributed by atoms with Crippen LogP contribution < -0.4 is 24.9 Å². The molecule has 1 atom stereocenters. The molecule has 0 saturated carbocycles. The molecule has 0 bridgehead atoms. The summed E-state index contributed by atoms with van der Waals surface area (Å²) < 4.78 is 7.31. The van der Waals surface area contributed by atoms with Crippen LogP contribution in [0.2, 0.25) is 0 Å². The Morgan fingerprint density at radius 3 is 2.58 bits per heavy atom. The van der Waals surface area contributed by atoms with E-state index >= 15 is 0 Å². The molecular formula is C29H24N4O6S. The second-order valence-electron chi connectivity index (χ2n) is 8.91. The van der Waals surface area contributed by atoms with E-state index in [4.69, 9.17) is 4.74 Å². The van der Waals surface area contributed by atoms with Crippen molar-refractivity contribution in [2.45, 2.75) is 19.9 Å². The molecular weight excluding hydrogens is 532 g/mol. The number of hydrogen-bond acceptors (Lipinski definition) is 8. The molecule has 0 spiro atoms. The van der Waals surface area contributed by atoms with E-state index < -0.39 is 33.9 Å². The first-order chi connectivity index (χ1) is 19.3. The lowest BCUT2D eigenvalue weighted by molar-refractivity contribution is -0.385. The lowest BCUT2D eigenvalue weighted by Gasteiger charge is -2.25. The highest BCUT2D eigenvalue weighted by atomic mass is 32.1. The largest absolute Gasteiger partial charge is 0.502 e. The highest BCUT2D eigenvalue weighted by molar-refractivity contribution is 7.07. The number of allylic oxidation sites excluding steroid dienone is 1. The van der Waals surface area contributed by atoms with Gasteiger partial charge in [-0.05, 0) is 61.4 Å². The summed E-state index contributed by atoms with van der Waals surface area (Å²) in [5.74, 6) is -0.206. The number of amides is 1. The minimum atomic E-state index is -0.785. The van der Waals surface area contributed by atoms with Crippen LogP contribution in [0.4, 0.5) is 11.4 Å². The van der Waals surface area contributed by atoms with Crippen molar-refractivity contribution >= 4 is 34.7 Å². The van der Waals surface area contributed by atoms with Crippen molar-refractivity contribution in [3.8, 4) is 11.5 Å². The van der Waals surface area contributed by atoms with Gasteiger partial charge in [0, 0.05) is 11.8 Å². The Balaban J connectivity index is 1.66. The van der Waals surface area contributed by atoms with Gasteiger partial charge in [-0.25, -0.2) is 4.99 Å². The summed E-state index contributed by atoms with van der Waals surface area (Å²) in [7, 11) is 0. The number of carbonyl (C=O) groups is 1. The highest BCUT2D eigenvalue weighted by Gasteiger charge is 2.32. The maximum atomic E-state index is 13.8. The lowest BCUT2D eigenvalue weighted by Crippen LogP contribution is -2.40. The molecule has 1 aromatic heterocycles. The smallest absolute Gasteiger partial charge is 0.311 e. The SMILES string of the molecule is CCOc1ccc([C@@H]2C(C(=O)Nc3ccccc3)=C(C)N=c3s/c(=C\c4ccc(O)c([N+](=O)[O-])c4)c(=O)n32)cc1. The third-order valence-corrected chi connectivity index (χ3v) is 7.28. The van der Waals surface area contributed by atoms with Crippen LogP contribution in [0.3, 0.4) is 0 Å². The van der Waals surface area contributed by atoms with Crippen molar-refractivity contribution in [2.75, 3.05) is 11.9 Å². The van der Waals surface area contributed by atoms with Gasteiger partial charge in [0.2, 0.25) is 0 Å². The zero-order chi connectivity index (χ0) is 28.4. The molecule has 3 aromatic carbocycles. The van der Waals surface area contributed by atoms with Gasteiger partial charge in [0.1, 0.15) is 5.75 Å². The number of nitrogens with zero attached hydrogens (tertiary/aromatic N) is 3. The molecule has 1 amide bonds. The van der Waals surface area contributed by atoms with Gasteiger partial charge in [-0.2, -0.15) is 0 Å². The molecule has 4 aromatic rings. The first-order valence-corrected chi connectivity index (χ1v) is 13.2. The number of aromatic hydroxyl groups is 1. The van der Waals surface area contributed by atoms with E-state index in [1.165, 1.54) is 28.8 Å². The number of nitro benzene ring substituents is 1. The molecule has 5 rings (SSSR count). The summed E-state index contributed by atoms with van der Waals surface area (Å²) >= 11 is 1.11. The number of nitrogens with one attached hydrogen (secondary N) is 1. The molecule has 40 heavy (non-hydrogen) atoms. The molecule has 202 valence electrons. The van der Waals surface area contributed by atoms with E-state index in [2.05, 4.69) is 10.3 Å². The van der Waals surface area contributed by atoms with Crippen molar-refractivity contribution in [1.29, 1.82) is 0 Å². The van der Waals surface area contributed by atoms with Crippen LogP contribution in [0.25, 0.3) is 6.08 Å². The minimum Gasteiger partial charge on any atom is -0.502 e. The summed E-state index contributed by atoms with van der Waals surface area (Å²) in [6, 6.07) is 19.3. The van der Waals surface area contributed by atoms with Crippen LogP contribution >= 0.6 is 11.3 Å². The monoisotopic (exact) mass is 556 g/mol. The molecule has 10 nitrogen and oxygen atoms in total. The second kappa shape index (κ2) is 11.0. The molecule has 2 N–H and O–H groups in total. The van der Waals surface area contributed by atoms with Crippen LogP contribution in [0.1, 0.15) is 31.0 Å². The van der Waals surface area contributed by atoms with Crippen molar-refractivity contribution in [3.05, 3.63) is 125 Å². The lowest BCUT2D eigenvalue weighted by atomic mass is 9.95. The maximum absolute atomic E-state index is 13.8. The number of carbonyl (C=O) groups excluding carboxylic acids is 1. The van der Waals surface area contributed by atoms with E-state index in [0.717, 1.165) is 11.3 Å². The zero-order valence-electron chi connectivity index (χ0n) is 21.5. The Morgan fingerprint density at radius 2 is 1.90 bits per heavy atom. The first kappa shape index (κ1) is 26.6. The van der Waals surface area contributed by atoms with Gasteiger partial charge >= 0.3 is 5.69 Å². The number of phenolic OH excluding ortho intramolecular Hbond substituents is 1. The Bertz CT molecular complexity index is 1820. The predicted molar refractivity (Wildman–Crippen MR) is 151 cm³/mol. The highest BCUT2D eigenvalue weighted by Crippen LogP contribution is 2.32. The van der Waals surface area contributed by atoms with Gasteiger partial charge in [-0.15, -0.1) is 0 Å². The molecule has 0 saturated heterocycles. The summed E-state index contributed by atoms with van der Waals surface area (Å²) in [6.45, 7) is 4.10. The molecule has 1 aliphatic rings. The van der Waals surface area contributed by atoms with Gasteiger partial charge in [0.15, 0.2) is 10.6 Å². The van der Waals surface area contributed by atoms with E-state index in [9.17, 15) is 24.8 Å². The molecule has 11 heteroatoms. The van der Waals surface area contributed by atoms with Gasteiger partial charge in [-0.3, -0.25) is 24.3 Å². The molecule has 2 heterocycles. The minimum absolute atomic E-state index is 0.271. The summed E-state index contributed by atoms with van der Waals surface area (Å²) in [5, 5.41) is 24.0. The number of anilines is 1. The molecule has 1 aliphatic heterocycles.